The van der Waals surface area contributed by atoms with Crippen LogP contribution in [0.2, 0.25) is 0 Å². The fourth-order valence-corrected chi connectivity index (χ4v) is 2.68. The molecule has 1 N–H and O–H groups in total. The Morgan fingerprint density at radius 3 is 2.04 bits per heavy atom. The van der Waals surface area contributed by atoms with Crippen LogP contribution in [0, 0.1) is 11.6 Å². The first-order valence-corrected chi connectivity index (χ1v) is 8.63. The topological polar surface area (TPSA) is 63.2 Å². The smallest absolute Gasteiger partial charge is 0.251 e. The molecule has 0 heterocycles. The number of hydrogen-bond donors (Lipinski definition) is 1. The molecule has 0 radical (unpaired) electrons. The van der Waals surface area contributed by atoms with Gasteiger partial charge in [-0.05, 0) is 36.8 Å². The van der Waals surface area contributed by atoms with Crippen molar-refractivity contribution in [3.05, 3.63) is 65.2 Å². The molecule has 0 spiro atoms. The highest BCUT2D eigenvalue weighted by Crippen LogP contribution is 2.17. The second-order valence-corrected chi connectivity index (χ2v) is 7.21. The molecule has 0 fully saturated rings. The number of hydrogen-bond acceptors (Lipinski definition) is 3. The van der Waals surface area contributed by atoms with Crippen molar-refractivity contribution in [2.75, 3.05) is 6.26 Å². The maximum atomic E-state index is 13.1. The largest absolute Gasteiger partial charge is 0.346 e. The van der Waals surface area contributed by atoms with Crippen LogP contribution in [0.3, 0.4) is 0 Å². The Hall–Kier alpha value is -2.28. The molecule has 2 aromatic rings. The van der Waals surface area contributed by atoms with Crippen LogP contribution in [-0.4, -0.2) is 20.6 Å². The van der Waals surface area contributed by atoms with Gasteiger partial charge >= 0.3 is 0 Å². The Balaban J connectivity index is 2.15. The van der Waals surface area contributed by atoms with Gasteiger partial charge in [-0.3, -0.25) is 4.79 Å². The van der Waals surface area contributed by atoms with Gasteiger partial charge in [-0.15, -0.1) is 0 Å². The molecular weight excluding hydrogens is 324 g/mol. The second-order valence-electron chi connectivity index (χ2n) is 5.19. The van der Waals surface area contributed by atoms with Gasteiger partial charge in [0, 0.05) is 17.9 Å². The van der Waals surface area contributed by atoms with Crippen LogP contribution in [0.15, 0.2) is 47.4 Å². The van der Waals surface area contributed by atoms with Crippen molar-refractivity contribution >= 4 is 15.7 Å². The Labute approximate surface area is 133 Å². The number of benzene rings is 2. The maximum Gasteiger partial charge on any atom is 0.251 e. The van der Waals surface area contributed by atoms with E-state index in [4.69, 9.17) is 0 Å². The molecular formula is C16H15F2NO3S. The Bertz CT molecular complexity index is 813. The van der Waals surface area contributed by atoms with Crippen molar-refractivity contribution in [1.82, 2.24) is 5.32 Å². The lowest BCUT2D eigenvalue weighted by atomic mass is 10.1. The first-order valence-electron chi connectivity index (χ1n) is 6.74. The van der Waals surface area contributed by atoms with Gasteiger partial charge in [0.05, 0.1) is 10.9 Å². The van der Waals surface area contributed by atoms with Crippen molar-refractivity contribution in [1.29, 1.82) is 0 Å². The van der Waals surface area contributed by atoms with Gasteiger partial charge in [-0.25, -0.2) is 17.2 Å². The summed E-state index contributed by atoms with van der Waals surface area (Å²) < 4.78 is 49.1. The molecule has 1 atom stereocenters. The molecule has 0 saturated heterocycles. The van der Waals surface area contributed by atoms with Gasteiger partial charge in [-0.1, -0.05) is 12.1 Å². The minimum atomic E-state index is -3.29. The summed E-state index contributed by atoms with van der Waals surface area (Å²) >= 11 is 0. The second kappa shape index (κ2) is 6.45. The van der Waals surface area contributed by atoms with E-state index in [0.717, 1.165) is 18.4 Å². The van der Waals surface area contributed by atoms with Crippen molar-refractivity contribution in [2.24, 2.45) is 0 Å². The van der Waals surface area contributed by atoms with Crippen LogP contribution < -0.4 is 5.32 Å². The highest BCUT2D eigenvalue weighted by atomic mass is 32.2. The van der Waals surface area contributed by atoms with E-state index in [1.807, 2.05) is 0 Å². The van der Waals surface area contributed by atoms with E-state index in [9.17, 15) is 22.0 Å². The summed E-state index contributed by atoms with van der Waals surface area (Å²) in [5, 5.41) is 2.60. The molecule has 0 bridgehead atoms. The van der Waals surface area contributed by atoms with Crippen molar-refractivity contribution in [3.8, 4) is 0 Å². The lowest BCUT2D eigenvalue weighted by Crippen LogP contribution is -2.26. The minimum absolute atomic E-state index is 0.123. The normalized spacial score (nSPS) is 12.7. The highest BCUT2D eigenvalue weighted by molar-refractivity contribution is 7.90. The Kier molecular flexibility index (Phi) is 4.79. The van der Waals surface area contributed by atoms with E-state index < -0.39 is 33.4 Å². The van der Waals surface area contributed by atoms with Crippen LogP contribution in [0.25, 0.3) is 0 Å². The molecule has 0 saturated carbocycles. The minimum Gasteiger partial charge on any atom is -0.346 e. The molecule has 122 valence electrons. The molecule has 1 amide bonds. The zero-order valence-corrected chi connectivity index (χ0v) is 13.3. The van der Waals surface area contributed by atoms with Crippen LogP contribution in [-0.2, 0) is 9.84 Å². The standard InChI is InChI=1S/C16H15F2NO3S/c1-10(11-3-5-15(6-4-11)23(2,21)22)19-16(20)12-7-13(17)9-14(18)8-12/h3-10H,1-2H3,(H,19,20)/t10-/m1/s1. The number of rotatable bonds is 4. The molecule has 0 aliphatic rings. The number of nitrogens with one attached hydrogen (secondary N) is 1. The predicted octanol–water partition coefficient (Wildman–Crippen LogP) is 2.86. The zero-order chi connectivity index (χ0) is 17.2. The van der Waals surface area contributed by atoms with Crippen LogP contribution in [0.5, 0.6) is 0 Å². The van der Waals surface area contributed by atoms with Gasteiger partial charge in [0.1, 0.15) is 11.6 Å². The molecule has 0 aliphatic carbocycles. The van der Waals surface area contributed by atoms with Crippen molar-refractivity contribution < 1.29 is 22.0 Å². The first kappa shape index (κ1) is 17.1. The van der Waals surface area contributed by atoms with E-state index >= 15 is 0 Å². The lowest BCUT2D eigenvalue weighted by molar-refractivity contribution is 0.0939. The predicted molar refractivity (Wildman–Crippen MR) is 81.8 cm³/mol. The van der Waals surface area contributed by atoms with Gasteiger partial charge in [0.15, 0.2) is 9.84 Å². The Morgan fingerprint density at radius 1 is 1.04 bits per heavy atom. The molecule has 23 heavy (non-hydrogen) atoms. The summed E-state index contributed by atoms with van der Waals surface area (Å²) in [5.74, 6) is -2.29. The van der Waals surface area contributed by atoms with E-state index in [1.165, 1.54) is 12.1 Å². The SMILES string of the molecule is C[C@@H](NC(=O)c1cc(F)cc(F)c1)c1ccc(S(C)(=O)=O)cc1. The van der Waals surface area contributed by atoms with E-state index in [2.05, 4.69) is 5.32 Å². The quantitative estimate of drug-likeness (QED) is 0.932. The lowest BCUT2D eigenvalue weighted by Gasteiger charge is -2.15. The number of halogens is 2. The van der Waals surface area contributed by atoms with E-state index in [0.29, 0.717) is 11.6 Å². The molecule has 4 nitrogen and oxygen atoms in total. The summed E-state index contributed by atoms with van der Waals surface area (Å²) in [4.78, 5) is 12.2. The van der Waals surface area contributed by atoms with Crippen molar-refractivity contribution in [3.63, 3.8) is 0 Å². The number of amides is 1. The molecule has 0 unspecified atom stereocenters. The fourth-order valence-electron chi connectivity index (χ4n) is 2.05. The summed E-state index contributed by atoms with van der Waals surface area (Å²) in [7, 11) is -3.29. The van der Waals surface area contributed by atoms with Gasteiger partial charge < -0.3 is 5.32 Å². The summed E-state index contributed by atoms with van der Waals surface area (Å²) in [5.41, 5.74) is 0.546. The third kappa shape index (κ3) is 4.35. The third-order valence-corrected chi connectivity index (χ3v) is 4.41. The maximum absolute atomic E-state index is 13.1. The number of sulfone groups is 1. The average Bonchev–Trinajstić information content (AvgIpc) is 2.45. The van der Waals surface area contributed by atoms with E-state index in [-0.39, 0.29) is 10.5 Å². The van der Waals surface area contributed by atoms with E-state index in [1.54, 1.807) is 19.1 Å². The summed E-state index contributed by atoms with van der Waals surface area (Å²) in [6.07, 6.45) is 1.10. The molecule has 0 aliphatic heterocycles. The molecule has 2 aromatic carbocycles. The van der Waals surface area contributed by atoms with Crippen molar-refractivity contribution in [2.45, 2.75) is 17.9 Å². The Morgan fingerprint density at radius 2 is 1.57 bits per heavy atom. The van der Waals surface area contributed by atoms with Crippen LogP contribution in [0.1, 0.15) is 28.9 Å². The first-order chi connectivity index (χ1) is 10.7. The average molecular weight is 339 g/mol. The van der Waals surface area contributed by atoms with Gasteiger partial charge in [0.25, 0.3) is 5.91 Å². The monoisotopic (exact) mass is 339 g/mol. The fraction of sp³-hybridized carbons (Fsp3) is 0.188. The molecule has 7 heteroatoms. The van der Waals surface area contributed by atoms with Gasteiger partial charge in [-0.2, -0.15) is 0 Å². The zero-order valence-electron chi connectivity index (χ0n) is 12.5. The summed E-state index contributed by atoms with van der Waals surface area (Å²) in [6, 6.07) is 8.15. The summed E-state index contributed by atoms with van der Waals surface area (Å²) in [6.45, 7) is 1.68. The third-order valence-electron chi connectivity index (χ3n) is 3.28. The number of carbonyl (C=O) groups excluding carboxylic acids is 1. The highest BCUT2D eigenvalue weighted by Gasteiger charge is 2.14. The van der Waals surface area contributed by atoms with Crippen LogP contribution in [0.4, 0.5) is 8.78 Å². The number of carbonyl (C=O) groups is 1. The molecule has 2 rings (SSSR count). The van der Waals surface area contributed by atoms with Crippen LogP contribution >= 0.6 is 0 Å². The molecule has 0 aromatic heterocycles. The van der Waals surface area contributed by atoms with Gasteiger partial charge in [0.2, 0.25) is 0 Å².